The Balaban J connectivity index is 2.03. The summed E-state index contributed by atoms with van der Waals surface area (Å²) in [5.41, 5.74) is 1.09. The van der Waals surface area contributed by atoms with Gasteiger partial charge in [-0.15, -0.1) is 11.8 Å². The summed E-state index contributed by atoms with van der Waals surface area (Å²) in [7, 11) is -2.64. The van der Waals surface area contributed by atoms with Crippen molar-refractivity contribution in [3.63, 3.8) is 0 Å². The zero-order valence-electron chi connectivity index (χ0n) is 22.3. The third-order valence-electron chi connectivity index (χ3n) is 6.02. The van der Waals surface area contributed by atoms with Gasteiger partial charge in [-0.1, -0.05) is 28.1 Å². The van der Waals surface area contributed by atoms with E-state index in [0.29, 0.717) is 18.0 Å². The maximum Gasteiger partial charge on any atom is 0.264 e. The van der Waals surface area contributed by atoms with Crippen molar-refractivity contribution in [3.8, 4) is 5.75 Å². The molecule has 0 fully saturated rings. The number of nitrogens with one attached hydrogen (secondary N) is 1. The van der Waals surface area contributed by atoms with Crippen LogP contribution in [0, 0.1) is 0 Å². The van der Waals surface area contributed by atoms with E-state index in [2.05, 4.69) is 21.2 Å². The van der Waals surface area contributed by atoms with Gasteiger partial charge < -0.3 is 15.0 Å². The van der Waals surface area contributed by atoms with E-state index < -0.39 is 28.5 Å². The van der Waals surface area contributed by atoms with Gasteiger partial charge in [0.25, 0.3) is 10.0 Å². The van der Waals surface area contributed by atoms with Gasteiger partial charge in [0.2, 0.25) is 11.8 Å². The fourth-order valence-corrected chi connectivity index (χ4v) is 6.17. The summed E-state index contributed by atoms with van der Waals surface area (Å²) in [5, 5.41) is 2.58. The predicted octanol–water partition coefficient (Wildman–Crippen LogP) is 4.93. The molecule has 208 valence electrons. The number of sulfonamides is 1. The molecule has 0 heterocycles. The number of anilines is 1. The predicted molar refractivity (Wildman–Crippen MR) is 159 cm³/mol. The largest absolute Gasteiger partial charge is 0.494 e. The van der Waals surface area contributed by atoms with E-state index >= 15 is 0 Å². The van der Waals surface area contributed by atoms with Crippen molar-refractivity contribution < 1.29 is 22.7 Å². The maximum absolute atomic E-state index is 13.9. The molecular formula is C28H32BrN3O5S2. The van der Waals surface area contributed by atoms with Gasteiger partial charge in [0, 0.05) is 23.0 Å². The van der Waals surface area contributed by atoms with Crippen molar-refractivity contribution >= 4 is 55.2 Å². The number of hydrogen-bond acceptors (Lipinski definition) is 6. The number of carbonyl (C=O) groups is 2. The quantitative estimate of drug-likeness (QED) is 0.284. The molecule has 0 spiro atoms. The molecular weight excluding hydrogens is 602 g/mol. The minimum atomic E-state index is -4.14. The van der Waals surface area contributed by atoms with Gasteiger partial charge in [0.15, 0.2) is 0 Å². The van der Waals surface area contributed by atoms with E-state index in [4.69, 9.17) is 4.74 Å². The summed E-state index contributed by atoms with van der Waals surface area (Å²) >= 11 is 4.94. The monoisotopic (exact) mass is 633 g/mol. The number of hydrogen-bond donors (Lipinski definition) is 1. The van der Waals surface area contributed by atoms with Crippen molar-refractivity contribution in [2.45, 2.75) is 36.2 Å². The SMILES string of the molecule is CCOc1ccc(N(CC(=O)N(Cc2cccc(Br)c2)C(C)C(=O)NC)S(=O)(=O)c2ccc(SC)cc2)cc1. The zero-order chi connectivity index (χ0) is 28.6. The number of rotatable bonds is 12. The van der Waals surface area contributed by atoms with Gasteiger partial charge in [-0.05, 0) is 86.3 Å². The average Bonchev–Trinajstić information content (AvgIpc) is 2.94. The lowest BCUT2D eigenvalue weighted by Gasteiger charge is -2.32. The highest BCUT2D eigenvalue weighted by Gasteiger charge is 2.32. The number of likely N-dealkylation sites (N-methyl/N-ethyl adjacent to an activating group) is 1. The molecule has 1 unspecified atom stereocenters. The van der Waals surface area contributed by atoms with Gasteiger partial charge in [0.1, 0.15) is 18.3 Å². The van der Waals surface area contributed by atoms with Gasteiger partial charge in [-0.3, -0.25) is 13.9 Å². The third kappa shape index (κ3) is 7.77. The number of carbonyl (C=O) groups excluding carboxylic acids is 2. The standard InChI is InChI=1S/C28H32BrN3O5S2/c1-5-37-24-11-9-23(10-12-24)32(39(35,36)26-15-13-25(38-4)14-16-26)19-27(33)31(20(2)28(34)30-3)18-21-7-6-8-22(29)17-21/h6-17,20H,5,18-19H2,1-4H3,(H,30,34). The fraction of sp³-hybridized carbons (Fsp3) is 0.286. The fourth-order valence-electron chi connectivity index (χ4n) is 3.90. The molecule has 0 saturated carbocycles. The molecule has 0 aliphatic rings. The molecule has 8 nitrogen and oxygen atoms in total. The number of ether oxygens (including phenoxy) is 1. The topological polar surface area (TPSA) is 96.0 Å². The first-order valence-corrected chi connectivity index (χ1v) is 15.7. The first-order valence-electron chi connectivity index (χ1n) is 12.3. The van der Waals surface area contributed by atoms with E-state index in [-0.39, 0.29) is 17.3 Å². The lowest BCUT2D eigenvalue weighted by molar-refractivity contribution is -0.139. The smallest absolute Gasteiger partial charge is 0.264 e. The lowest BCUT2D eigenvalue weighted by Crippen LogP contribution is -2.50. The number of nitrogens with zero attached hydrogens (tertiary/aromatic N) is 2. The Bertz CT molecular complexity index is 1380. The van der Waals surface area contributed by atoms with Gasteiger partial charge in [-0.2, -0.15) is 0 Å². The Morgan fingerprint density at radius 2 is 1.72 bits per heavy atom. The van der Waals surface area contributed by atoms with Gasteiger partial charge in [-0.25, -0.2) is 8.42 Å². The van der Waals surface area contributed by atoms with Crippen LogP contribution in [0.1, 0.15) is 19.4 Å². The van der Waals surface area contributed by atoms with Crippen molar-refractivity contribution in [1.82, 2.24) is 10.2 Å². The van der Waals surface area contributed by atoms with Gasteiger partial charge >= 0.3 is 0 Å². The van der Waals surface area contributed by atoms with Gasteiger partial charge in [0.05, 0.1) is 17.2 Å². The van der Waals surface area contributed by atoms with Crippen LogP contribution in [0.5, 0.6) is 5.75 Å². The van der Waals surface area contributed by atoms with E-state index in [0.717, 1.165) is 19.2 Å². The molecule has 11 heteroatoms. The first kappa shape index (κ1) is 30.5. The Labute approximate surface area is 242 Å². The molecule has 3 aromatic rings. The van der Waals surface area contributed by atoms with Crippen LogP contribution in [-0.4, -0.2) is 57.6 Å². The number of thioether (sulfide) groups is 1. The minimum Gasteiger partial charge on any atom is -0.494 e. The van der Waals surface area contributed by atoms with Crippen LogP contribution in [0.25, 0.3) is 0 Å². The molecule has 0 saturated heterocycles. The molecule has 0 aromatic heterocycles. The molecule has 3 rings (SSSR count). The molecule has 3 aromatic carbocycles. The van der Waals surface area contributed by atoms with E-state index in [1.165, 1.54) is 35.8 Å². The number of benzene rings is 3. The summed E-state index contributed by atoms with van der Waals surface area (Å²) < 4.78 is 35.2. The molecule has 0 aliphatic heterocycles. The number of amides is 2. The summed E-state index contributed by atoms with van der Waals surface area (Å²) in [6.45, 7) is 3.55. The highest BCUT2D eigenvalue weighted by molar-refractivity contribution is 9.10. The van der Waals surface area contributed by atoms with Crippen LogP contribution in [0.2, 0.25) is 0 Å². The maximum atomic E-state index is 13.9. The van der Waals surface area contributed by atoms with Crippen LogP contribution in [0.15, 0.2) is 87.1 Å². The Morgan fingerprint density at radius 3 is 2.28 bits per heavy atom. The number of halogens is 1. The van der Waals surface area contributed by atoms with Crippen molar-refractivity contribution in [2.75, 3.05) is 30.8 Å². The molecule has 1 N–H and O–H groups in total. The molecule has 1 atom stereocenters. The molecule has 0 aliphatic carbocycles. The van der Waals surface area contributed by atoms with Crippen molar-refractivity contribution in [1.29, 1.82) is 0 Å². The summed E-state index contributed by atoms with van der Waals surface area (Å²) in [4.78, 5) is 28.8. The van der Waals surface area contributed by atoms with E-state index in [1.54, 1.807) is 43.3 Å². The second-order valence-corrected chi connectivity index (χ2v) is 12.2. The summed E-state index contributed by atoms with van der Waals surface area (Å²) in [6, 6.07) is 19.6. The van der Waals surface area contributed by atoms with Crippen LogP contribution in [-0.2, 0) is 26.2 Å². The highest BCUT2D eigenvalue weighted by atomic mass is 79.9. The average molecular weight is 635 g/mol. The lowest BCUT2D eigenvalue weighted by atomic mass is 10.1. The van der Waals surface area contributed by atoms with E-state index in [9.17, 15) is 18.0 Å². The Kier molecular flexibility index (Phi) is 10.8. The first-order chi connectivity index (χ1) is 18.6. The summed E-state index contributed by atoms with van der Waals surface area (Å²) in [6.07, 6.45) is 1.90. The zero-order valence-corrected chi connectivity index (χ0v) is 25.5. The normalized spacial score (nSPS) is 11.9. The Morgan fingerprint density at radius 1 is 1.05 bits per heavy atom. The Hall–Kier alpha value is -3.02. The highest BCUT2D eigenvalue weighted by Crippen LogP contribution is 2.28. The molecule has 0 radical (unpaired) electrons. The van der Waals surface area contributed by atoms with Crippen LogP contribution in [0.3, 0.4) is 0 Å². The third-order valence-corrected chi connectivity index (χ3v) is 9.04. The van der Waals surface area contributed by atoms with Crippen molar-refractivity contribution in [3.05, 3.63) is 82.8 Å². The second-order valence-electron chi connectivity index (χ2n) is 8.56. The van der Waals surface area contributed by atoms with Crippen molar-refractivity contribution in [2.24, 2.45) is 0 Å². The molecule has 2 amide bonds. The second kappa shape index (κ2) is 13.9. The van der Waals surface area contributed by atoms with E-state index in [1.807, 2.05) is 37.4 Å². The van der Waals surface area contributed by atoms with Crippen LogP contribution < -0.4 is 14.4 Å². The molecule has 0 bridgehead atoms. The molecule has 39 heavy (non-hydrogen) atoms. The van der Waals surface area contributed by atoms with Crippen LogP contribution in [0.4, 0.5) is 5.69 Å². The minimum absolute atomic E-state index is 0.0554. The van der Waals surface area contributed by atoms with Crippen LogP contribution >= 0.6 is 27.7 Å². The summed E-state index contributed by atoms with van der Waals surface area (Å²) in [5.74, 6) is -0.301.